The van der Waals surface area contributed by atoms with Gasteiger partial charge < -0.3 is 20.9 Å². The molecule has 0 spiro atoms. The number of nitrogens with two attached hydrogens (primary N) is 1. The lowest BCUT2D eigenvalue weighted by molar-refractivity contribution is 0.0697. The monoisotopic (exact) mass is 337 g/mol. The number of fused-ring (bicyclic) bond motifs is 1. The number of methoxy groups -OCH3 is 1. The van der Waals surface area contributed by atoms with E-state index < -0.39 is 11.9 Å². The van der Waals surface area contributed by atoms with Crippen LogP contribution in [-0.2, 0) is 0 Å². The van der Waals surface area contributed by atoms with E-state index in [1.54, 1.807) is 55.6 Å². The van der Waals surface area contributed by atoms with Crippen molar-refractivity contribution in [2.75, 3.05) is 12.4 Å². The van der Waals surface area contributed by atoms with Crippen LogP contribution in [0.2, 0.25) is 0 Å². The second-order valence-electron chi connectivity index (χ2n) is 5.31. The smallest absolute Gasteiger partial charge is 0.339 e. The third-order valence-electron chi connectivity index (χ3n) is 3.69. The minimum atomic E-state index is -1.10. The number of hydrogen-bond acceptors (Lipinski definition) is 5. The molecule has 1 amide bonds. The maximum atomic E-state index is 11.6. The molecule has 0 bridgehead atoms. The average molecular weight is 337 g/mol. The van der Waals surface area contributed by atoms with Crippen molar-refractivity contribution >= 4 is 34.3 Å². The molecule has 0 atom stereocenters. The number of rotatable bonds is 5. The van der Waals surface area contributed by atoms with E-state index in [0.29, 0.717) is 27.9 Å². The predicted octanol–water partition coefficient (Wildman–Crippen LogP) is 2.78. The third-order valence-corrected chi connectivity index (χ3v) is 3.69. The number of carboxylic acids is 1. The van der Waals surface area contributed by atoms with E-state index >= 15 is 0 Å². The van der Waals surface area contributed by atoms with E-state index in [-0.39, 0.29) is 11.4 Å². The fourth-order valence-electron chi connectivity index (χ4n) is 2.39. The van der Waals surface area contributed by atoms with Crippen molar-refractivity contribution in [2.24, 2.45) is 5.73 Å². The zero-order valence-electron chi connectivity index (χ0n) is 13.3. The maximum absolute atomic E-state index is 11.6. The molecule has 0 aliphatic heterocycles. The number of nitrogens with one attached hydrogen (secondary N) is 1. The summed E-state index contributed by atoms with van der Waals surface area (Å²) in [6, 6.07) is 13.1. The average Bonchev–Trinajstić information content (AvgIpc) is 2.60. The fraction of sp³-hybridized carbons (Fsp3) is 0.0556. The molecule has 7 nitrogen and oxygen atoms in total. The molecule has 2 aromatic carbocycles. The van der Waals surface area contributed by atoms with Crippen LogP contribution >= 0.6 is 0 Å². The van der Waals surface area contributed by atoms with Crippen molar-refractivity contribution in [3.63, 3.8) is 0 Å². The van der Waals surface area contributed by atoms with Gasteiger partial charge in [-0.1, -0.05) is 0 Å². The lowest BCUT2D eigenvalue weighted by Crippen LogP contribution is -2.10. The summed E-state index contributed by atoms with van der Waals surface area (Å²) < 4.78 is 5.17. The van der Waals surface area contributed by atoms with Gasteiger partial charge in [-0.25, -0.2) is 9.78 Å². The Bertz CT molecular complexity index is 968. The van der Waals surface area contributed by atoms with E-state index in [4.69, 9.17) is 10.5 Å². The Morgan fingerprint density at radius 1 is 1.12 bits per heavy atom. The van der Waals surface area contributed by atoms with E-state index in [1.165, 1.54) is 0 Å². The Kier molecular flexibility index (Phi) is 4.21. The summed E-state index contributed by atoms with van der Waals surface area (Å²) in [5, 5.41) is 13.1. The zero-order chi connectivity index (χ0) is 18.0. The van der Waals surface area contributed by atoms with E-state index in [1.807, 2.05) is 0 Å². The van der Waals surface area contributed by atoms with E-state index in [9.17, 15) is 14.7 Å². The molecular formula is C18H15N3O4. The van der Waals surface area contributed by atoms with Crippen LogP contribution in [0, 0.1) is 0 Å². The van der Waals surface area contributed by atoms with Gasteiger partial charge in [0.1, 0.15) is 17.1 Å². The van der Waals surface area contributed by atoms with Crippen molar-refractivity contribution in [3.05, 3.63) is 59.7 Å². The van der Waals surface area contributed by atoms with Crippen LogP contribution in [0.15, 0.2) is 48.5 Å². The Morgan fingerprint density at radius 3 is 2.44 bits per heavy atom. The molecule has 1 heterocycles. The molecule has 126 valence electrons. The summed E-state index contributed by atoms with van der Waals surface area (Å²) >= 11 is 0. The van der Waals surface area contributed by atoms with Crippen molar-refractivity contribution in [2.45, 2.75) is 0 Å². The zero-order valence-corrected chi connectivity index (χ0v) is 13.3. The molecule has 0 aliphatic carbocycles. The first-order valence-corrected chi connectivity index (χ1v) is 7.37. The van der Waals surface area contributed by atoms with Crippen LogP contribution in [0.1, 0.15) is 20.7 Å². The van der Waals surface area contributed by atoms with Gasteiger partial charge in [-0.15, -0.1) is 0 Å². The van der Waals surface area contributed by atoms with Crippen LogP contribution < -0.4 is 15.8 Å². The topological polar surface area (TPSA) is 115 Å². The number of hydrogen-bond donors (Lipinski definition) is 3. The number of nitrogens with zero attached hydrogens (tertiary/aromatic N) is 1. The Morgan fingerprint density at radius 2 is 1.84 bits per heavy atom. The van der Waals surface area contributed by atoms with Crippen molar-refractivity contribution in [3.8, 4) is 5.75 Å². The molecule has 4 N–H and O–H groups in total. The number of pyridine rings is 1. The quantitative estimate of drug-likeness (QED) is 0.659. The second-order valence-corrected chi connectivity index (χ2v) is 5.31. The van der Waals surface area contributed by atoms with Crippen LogP contribution in [0.5, 0.6) is 5.75 Å². The normalized spacial score (nSPS) is 10.4. The van der Waals surface area contributed by atoms with Gasteiger partial charge in [-0.2, -0.15) is 0 Å². The Hall–Kier alpha value is -3.61. The summed E-state index contributed by atoms with van der Waals surface area (Å²) in [7, 11) is 1.55. The molecule has 3 rings (SSSR count). The number of aromatic nitrogens is 1. The summed E-state index contributed by atoms with van der Waals surface area (Å²) in [6.07, 6.45) is 0. The summed E-state index contributed by atoms with van der Waals surface area (Å²) in [5.74, 6) is -0.810. The summed E-state index contributed by atoms with van der Waals surface area (Å²) in [6.45, 7) is 0. The van der Waals surface area contributed by atoms with Crippen LogP contribution in [0.3, 0.4) is 0 Å². The molecule has 0 saturated carbocycles. The third kappa shape index (κ3) is 3.35. The Balaban J connectivity index is 2.04. The van der Waals surface area contributed by atoms with E-state index in [2.05, 4.69) is 10.3 Å². The number of carboxylic acid groups (broad SMARTS) is 1. The van der Waals surface area contributed by atoms with Crippen molar-refractivity contribution < 1.29 is 19.4 Å². The van der Waals surface area contributed by atoms with Gasteiger partial charge in [0.2, 0.25) is 5.91 Å². The highest BCUT2D eigenvalue weighted by molar-refractivity contribution is 5.99. The molecule has 0 fully saturated rings. The van der Waals surface area contributed by atoms with Crippen molar-refractivity contribution in [1.29, 1.82) is 0 Å². The summed E-state index contributed by atoms with van der Waals surface area (Å²) in [4.78, 5) is 27.1. The van der Waals surface area contributed by atoms with Crippen molar-refractivity contribution in [1.82, 2.24) is 4.98 Å². The minimum absolute atomic E-state index is 0.0386. The first-order chi connectivity index (χ1) is 12.0. The molecule has 0 saturated heterocycles. The van der Waals surface area contributed by atoms with Gasteiger partial charge in [0, 0.05) is 22.7 Å². The number of aromatic carboxylic acids is 1. The molecular weight excluding hydrogens is 322 g/mol. The molecule has 0 unspecified atom stereocenters. The van der Waals surface area contributed by atoms with Gasteiger partial charge in [0.05, 0.1) is 12.6 Å². The van der Waals surface area contributed by atoms with Crippen LogP contribution in [0.4, 0.5) is 11.5 Å². The highest BCUT2D eigenvalue weighted by Crippen LogP contribution is 2.26. The number of ether oxygens (including phenoxy) is 1. The van der Waals surface area contributed by atoms with Gasteiger partial charge in [-0.05, 0) is 42.5 Å². The number of amides is 1. The number of primary amides is 1. The number of anilines is 2. The lowest BCUT2D eigenvalue weighted by Gasteiger charge is -2.11. The first kappa shape index (κ1) is 16.3. The highest BCUT2D eigenvalue weighted by atomic mass is 16.5. The number of carbonyl (C=O) groups is 2. The van der Waals surface area contributed by atoms with E-state index in [0.717, 1.165) is 0 Å². The number of carbonyl (C=O) groups excluding carboxylic acids is 1. The molecule has 1 aromatic heterocycles. The Labute approximate surface area is 143 Å². The maximum Gasteiger partial charge on any atom is 0.339 e. The fourth-order valence-corrected chi connectivity index (χ4v) is 2.39. The number of benzene rings is 2. The SMILES string of the molecule is COc1ccc2cc(C(=O)O)c(Nc3ccc(C(N)=O)cc3)nc2c1. The van der Waals surface area contributed by atoms with Gasteiger partial charge >= 0.3 is 5.97 Å². The minimum Gasteiger partial charge on any atom is -0.497 e. The largest absolute Gasteiger partial charge is 0.497 e. The van der Waals surface area contributed by atoms with Crippen LogP contribution in [0.25, 0.3) is 10.9 Å². The summed E-state index contributed by atoms with van der Waals surface area (Å²) in [5.41, 5.74) is 6.79. The molecule has 25 heavy (non-hydrogen) atoms. The lowest BCUT2D eigenvalue weighted by atomic mass is 10.1. The molecule has 0 radical (unpaired) electrons. The molecule has 7 heteroatoms. The van der Waals surface area contributed by atoms with Gasteiger partial charge in [0.25, 0.3) is 0 Å². The highest BCUT2D eigenvalue weighted by Gasteiger charge is 2.14. The van der Waals surface area contributed by atoms with Gasteiger partial charge in [-0.3, -0.25) is 4.79 Å². The first-order valence-electron chi connectivity index (χ1n) is 7.37. The van der Waals surface area contributed by atoms with Crippen LogP contribution in [-0.4, -0.2) is 29.1 Å². The molecule has 0 aliphatic rings. The molecule has 3 aromatic rings. The predicted molar refractivity (Wildman–Crippen MR) is 93.5 cm³/mol. The van der Waals surface area contributed by atoms with Gasteiger partial charge in [0.15, 0.2) is 0 Å². The standard InChI is InChI=1S/C18H15N3O4/c1-25-13-7-4-11-8-14(18(23)24)17(21-15(11)9-13)20-12-5-2-10(3-6-12)16(19)22/h2-9H,1H3,(H2,19,22)(H,20,21)(H,23,24). The second kappa shape index (κ2) is 6.48.